The van der Waals surface area contributed by atoms with Gasteiger partial charge in [-0.3, -0.25) is 10.1 Å². The van der Waals surface area contributed by atoms with Gasteiger partial charge in [0.15, 0.2) is 0 Å². The monoisotopic (exact) mass is 436 g/mol. The molecule has 162 valence electrons. The lowest BCUT2D eigenvalue weighted by molar-refractivity contribution is -0.384. The van der Waals surface area contributed by atoms with E-state index in [0.29, 0.717) is 32.0 Å². The van der Waals surface area contributed by atoms with Gasteiger partial charge in [0, 0.05) is 19.2 Å². The molecular formula is C18H23F3N2O5S. The second-order valence-electron chi connectivity index (χ2n) is 7.44. The zero-order valence-corrected chi connectivity index (χ0v) is 16.5. The fraction of sp³-hybridized carbons (Fsp3) is 0.667. The lowest BCUT2D eigenvalue weighted by atomic mass is 9.97. The lowest BCUT2D eigenvalue weighted by Crippen LogP contribution is -2.39. The summed E-state index contributed by atoms with van der Waals surface area (Å²) in [6.07, 6.45) is 7.22. The fourth-order valence-corrected chi connectivity index (χ4v) is 4.71. The maximum Gasteiger partial charge on any atom is 0.501 e. The first-order valence-corrected chi connectivity index (χ1v) is 11.1. The van der Waals surface area contributed by atoms with E-state index in [1.807, 2.05) is 0 Å². The number of piperidine rings is 1. The Labute approximate surface area is 166 Å². The van der Waals surface area contributed by atoms with E-state index in [1.54, 1.807) is 4.90 Å². The topological polar surface area (TPSA) is 89.8 Å². The molecule has 0 amide bonds. The highest BCUT2D eigenvalue weighted by Crippen LogP contribution is 2.37. The van der Waals surface area contributed by atoms with E-state index < -0.39 is 30.9 Å². The largest absolute Gasteiger partial charge is 0.501 e. The van der Waals surface area contributed by atoms with Crippen LogP contribution in [0.2, 0.25) is 0 Å². The van der Waals surface area contributed by atoms with E-state index in [-0.39, 0.29) is 17.9 Å². The van der Waals surface area contributed by atoms with Crippen LogP contribution in [0, 0.1) is 10.1 Å². The molecule has 0 spiro atoms. The van der Waals surface area contributed by atoms with Gasteiger partial charge in [0.2, 0.25) is 0 Å². The third kappa shape index (κ3) is 4.82. The van der Waals surface area contributed by atoms with Crippen molar-refractivity contribution in [3.63, 3.8) is 0 Å². The Morgan fingerprint density at radius 1 is 1.03 bits per heavy atom. The number of hydrogen-bond acceptors (Lipinski definition) is 6. The molecule has 0 bridgehead atoms. The summed E-state index contributed by atoms with van der Waals surface area (Å²) in [5.74, 6) is 0. The third-order valence-corrected chi connectivity index (χ3v) is 6.96. The van der Waals surface area contributed by atoms with Crippen LogP contribution >= 0.6 is 0 Å². The van der Waals surface area contributed by atoms with Crippen LogP contribution in [0.3, 0.4) is 0 Å². The van der Waals surface area contributed by atoms with Crippen LogP contribution in [-0.4, -0.2) is 44.1 Å². The highest BCUT2D eigenvalue weighted by atomic mass is 32.2. The number of ether oxygens (including phenoxy) is 1. The molecule has 29 heavy (non-hydrogen) atoms. The Bertz CT molecular complexity index is 846. The van der Waals surface area contributed by atoms with Crippen molar-refractivity contribution in [3.05, 3.63) is 28.3 Å². The molecular weight excluding hydrogens is 413 g/mol. The fourth-order valence-electron chi connectivity index (χ4n) is 3.92. The van der Waals surface area contributed by atoms with Crippen molar-refractivity contribution in [2.75, 3.05) is 18.0 Å². The second-order valence-corrected chi connectivity index (χ2v) is 9.38. The van der Waals surface area contributed by atoms with Crippen molar-refractivity contribution < 1.29 is 31.2 Å². The van der Waals surface area contributed by atoms with E-state index in [9.17, 15) is 31.7 Å². The number of halogens is 3. The van der Waals surface area contributed by atoms with Gasteiger partial charge in [-0.2, -0.15) is 13.2 Å². The molecule has 1 saturated carbocycles. The first-order chi connectivity index (χ1) is 13.6. The van der Waals surface area contributed by atoms with E-state index in [4.69, 9.17) is 4.74 Å². The zero-order chi connectivity index (χ0) is 21.2. The van der Waals surface area contributed by atoms with Gasteiger partial charge in [-0.1, -0.05) is 19.3 Å². The summed E-state index contributed by atoms with van der Waals surface area (Å²) < 4.78 is 67.6. The predicted octanol–water partition coefficient (Wildman–Crippen LogP) is 4.21. The molecule has 11 heteroatoms. The van der Waals surface area contributed by atoms with Gasteiger partial charge in [0.1, 0.15) is 5.69 Å². The van der Waals surface area contributed by atoms with Crippen LogP contribution < -0.4 is 4.90 Å². The molecule has 1 aliphatic carbocycles. The van der Waals surface area contributed by atoms with Crippen molar-refractivity contribution in [1.29, 1.82) is 0 Å². The summed E-state index contributed by atoms with van der Waals surface area (Å²) in [5, 5.41) is 11.4. The summed E-state index contributed by atoms with van der Waals surface area (Å²) >= 11 is 0. The van der Waals surface area contributed by atoms with E-state index in [2.05, 4.69) is 0 Å². The number of anilines is 1. The summed E-state index contributed by atoms with van der Waals surface area (Å²) in [7, 11) is -5.65. The highest BCUT2D eigenvalue weighted by Gasteiger charge is 2.47. The summed E-state index contributed by atoms with van der Waals surface area (Å²) in [6, 6.07) is 2.34. The van der Waals surface area contributed by atoms with Crippen molar-refractivity contribution in [2.45, 2.75) is 67.6 Å². The number of nitro benzene ring substituents is 1. The minimum absolute atomic E-state index is 0.0540. The van der Waals surface area contributed by atoms with Gasteiger partial charge in [-0.05, 0) is 37.8 Å². The van der Waals surface area contributed by atoms with Crippen LogP contribution in [0.1, 0.15) is 44.9 Å². The second kappa shape index (κ2) is 8.47. The van der Waals surface area contributed by atoms with Crippen molar-refractivity contribution in [1.82, 2.24) is 0 Å². The number of nitro groups is 1. The van der Waals surface area contributed by atoms with Crippen LogP contribution in [0.4, 0.5) is 24.5 Å². The molecule has 0 aromatic heterocycles. The van der Waals surface area contributed by atoms with Crippen LogP contribution in [-0.2, 0) is 14.6 Å². The number of nitrogens with zero attached hydrogens (tertiary/aromatic N) is 2. The molecule has 2 fully saturated rings. The van der Waals surface area contributed by atoms with Crippen LogP contribution in [0.15, 0.2) is 23.1 Å². The highest BCUT2D eigenvalue weighted by molar-refractivity contribution is 7.92. The van der Waals surface area contributed by atoms with Gasteiger partial charge in [-0.15, -0.1) is 0 Å². The lowest BCUT2D eigenvalue weighted by Gasteiger charge is -2.35. The van der Waals surface area contributed by atoms with Crippen LogP contribution in [0.25, 0.3) is 0 Å². The Hall–Kier alpha value is -1.88. The Kier molecular flexibility index (Phi) is 6.37. The van der Waals surface area contributed by atoms with Gasteiger partial charge in [0.05, 0.1) is 22.0 Å². The van der Waals surface area contributed by atoms with E-state index in [1.165, 1.54) is 6.42 Å². The average Bonchev–Trinajstić information content (AvgIpc) is 2.68. The molecule has 1 heterocycles. The van der Waals surface area contributed by atoms with Gasteiger partial charge in [-0.25, -0.2) is 8.42 Å². The molecule has 7 nitrogen and oxygen atoms in total. The number of alkyl halides is 3. The standard InChI is InChI=1S/C18H23F3N2O5S/c19-18(20,21)29(26,27)15-6-7-16(17(12-15)23(24)25)22-10-8-14(9-11-22)28-13-4-2-1-3-5-13/h6-7,12-14H,1-5,8-11H2. The molecule has 0 atom stereocenters. The summed E-state index contributed by atoms with van der Waals surface area (Å²) in [4.78, 5) is 11.1. The molecule has 2 aliphatic rings. The quantitative estimate of drug-likeness (QED) is 0.508. The van der Waals surface area contributed by atoms with Crippen molar-refractivity contribution >= 4 is 21.2 Å². The van der Waals surface area contributed by atoms with Crippen molar-refractivity contribution in [3.8, 4) is 0 Å². The number of hydrogen-bond donors (Lipinski definition) is 0. The SMILES string of the molecule is O=[N+]([O-])c1cc(S(=O)(=O)C(F)(F)F)ccc1N1CCC(OC2CCCCC2)CC1. The van der Waals surface area contributed by atoms with Gasteiger partial charge >= 0.3 is 5.51 Å². The summed E-state index contributed by atoms with van der Waals surface area (Å²) in [5.41, 5.74) is -6.05. The molecule has 1 aliphatic heterocycles. The Morgan fingerprint density at radius 2 is 1.62 bits per heavy atom. The number of rotatable bonds is 5. The predicted molar refractivity (Wildman–Crippen MR) is 99.5 cm³/mol. The minimum Gasteiger partial charge on any atom is -0.375 e. The van der Waals surface area contributed by atoms with E-state index >= 15 is 0 Å². The molecule has 0 radical (unpaired) electrons. The number of benzene rings is 1. The third-order valence-electron chi connectivity index (χ3n) is 5.48. The maximum atomic E-state index is 12.8. The smallest absolute Gasteiger partial charge is 0.375 e. The Morgan fingerprint density at radius 3 is 2.17 bits per heavy atom. The molecule has 0 N–H and O–H groups in total. The Balaban J connectivity index is 1.73. The normalized spacial score (nSPS) is 20.0. The van der Waals surface area contributed by atoms with Crippen molar-refractivity contribution in [2.24, 2.45) is 0 Å². The van der Waals surface area contributed by atoms with Crippen LogP contribution in [0.5, 0.6) is 0 Å². The van der Waals surface area contributed by atoms with Gasteiger partial charge < -0.3 is 9.64 Å². The molecule has 1 aromatic rings. The van der Waals surface area contributed by atoms with E-state index in [0.717, 1.165) is 37.8 Å². The molecule has 1 aromatic carbocycles. The first-order valence-electron chi connectivity index (χ1n) is 9.60. The maximum absolute atomic E-state index is 12.8. The number of sulfone groups is 1. The zero-order valence-electron chi connectivity index (χ0n) is 15.7. The minimum atomic E-state index is -5.65. The average molecular weight is 436 g/mol. The van der Waals surface area contributed by atoms with Gasteiger partial charge in [0.25, 0.3) is 15.5 Å². The molecule has 3 rings (SSSR count). The summed E-state index contributed by atoms with van der Waals surface area (Å²) in [6.45, 7) is 0.896. The first kappa shape index (κ1) is 21.8. The molecule has 0 unspecified atom stereocenters. The molecule has 1 saturated heterocycles.